The van der Waals surface area contributed by atoms with Crippen molar-refractivity contribution in [3.05, 3.63) is 28.2 Å². The molecule has 2 N–H and O–H groups in total. The van der Waals surface area contributed by atoms with Crippen LogP contribution in [0.1, 0.15) is 55.4 Å². The fourth-order valence-corrected chi connectivity index (χ4v) is 3.54. The predicted molar refractivity (Wildman–Crippen MR) is 88.5 cm³/mol. The lowest BCUT2D eigenvalue weighted by molar-refractivity contribution is -0.126. The van der Waals surface area contributed by atoms with E-state index in [1.807, 2.05) is 0 Å². The monoisotopic (exact) mass is 332 g/mol. The summed E-state index contributed by atoms with van der Waals surface area (Å²) in [5, 5.41) is 9.22. The minimum absolute atomic E-state index is 0.145. The Hall–Kier alpha value is -2.18. The number of hydrogen-bond acceptors (Lipinski definition) is 4. The van der Waals surface area contributed by atoms with Gasteiger partial charge in [0, 0.05) is 31.1 Å². The minimum Gasteiger partial charge on any atom is -0.353 e. The third kappa shape index (κ3) is 4.01. The van der Waals surface area contributed by atoms with E-state index in [-0.39, 0.29) is 35.0 Å². The summed E-state index contributed by atoms with van der Waals surface area (Å²) >= 11 is 0. The van der Waals surface area contributed by atoms with Crippen LogP contribution >= 0.6 is 0 Å². The number of piperidine rings is 1. The van der Waals surface area contributed by atoms with Gasteiger partial charge in [0.1, 0.15) is 5.69 Å². The Bertz CT molecular complexity index is 623. The number of nitrogens with one attached hydrogen (secondary N) is 2. The summed E-state index contributed by atoms with van der Waals surface area (Å²) in [6.45, 7) is 1.19. The van der Waals surface area contributed by atoms with Crippen molar-refractivity contribution in [2.24, 2.45) is 5.92 Å². The second-order valence-corrected chi connectivity index (χ2v) is 6.72. The number of nitrogens with zero attached hydrogens (tertiary/aromatic N) is 2. The van der Waals surface area contributed by atoms with E-state index in [0.717, 1.165) is 38.5 Å². The molecule has 2 amide bonds. The molecule has 2 heterocycles. The quantitative estimate of drug-likeness (QED) is 0.865. The topological polar surface area (TPSA) is 95.2 Å². The highest BCUT2D eigenvalue weighted by molar-refractivity contribution is 5.92. The van der Waals surface area contributed by atoms with Gasteiger partial charge < -0.3 is 10.2 Å². The van der Waals surface area contributed by atoms with Crippen LogP contribution < -0.4 is 10.9 Å². The lowest BCUT2D eigenvalue weighted by atomic mass is 9.88. The van der Waals surface area contributed by atoms with Crippen LogP contribution in [0.25, 0.3) is 0 Å². The Morgan fingerprint density at radius 2 is 1.79 bits per heavy atom. The number of carbonyl (C=O) groups excluding carboxylic acids is 2. The molecule has 7 heteroatoms. The largest absolute Gasteiger partial charge is 0.353 e. The van der Waals surface area contributed by atoms with E-state index in [4.69, 9.17) is 0 Å². The highest BCUT2D eigenvalue weighted by atomic mass is 16.2. The minimum atomic E-state index is -0.323. The molecule has 2 fully saturated rings. The molecule has 130 valence electrons. The number of likely N-dealkylation sites (tertiary alicyclic amines) is 1. The summed E-state index contributed by atoms with van der Waals surface area (Å²) < 4.78 is 0. The molecule has 2 aliphatic rings. The second kappa shape index (κ2) is 7.59. The third-order valence-corrected chi connectivity index (χ3v) is 5.00. The number of amides is 2. The third-order valence-electron chi connectivity index (χ3n) is 5.00. The van der Waals surface area contributed by atoms with Gasteiger partial charge in [0.25, 0.3) is 11.5 Å². The molecule has 0 radical (unpaired) electrons. The smallest absolute Gasteiger partial charge is 0.274 e. The number of aromatic nitrogens is 2. The molecule has 0 unspecified atom stereocenters. The van der Waals surface area contributed by atoms with Crippen LogP contribution in [0.15, 0.2) is 16.9 Å². The summed E-state index contributed by atoms with van der Waals surface area (Å²) in [5.41, 5.74) is -0.0741. The zero-order valence-corrected chi connectivity index (χ0v) is 13.8. The molecule has 24 heavy (non-hydrogen) atoms. The Balaban J connectivity index is 1.48. The first kappa shape index (κ1) is 16.7. The number of H-pyrrole nitrogens is 1. The van der Waals surface area contributed by atoms with E-state index < -0.39 is 0 Å². The summed E-state index contributed by atoms with van der Waals surface area (Å²) in [6, 6.07) is 2.89. The van der Waals surface area contributed by atoms with Crippen molar-refractivity contribution in [3.63, 3.8) is 0 Å². The molecule has 1 aliphatic carbocycles. The van der Waals surface area contributed by atoms with Gasteiger partial charge in [-0.05, 0) is 31.7 Å². The SMILES string of the molecule is O=C(NC1CCN(C(=O)c2ccc(=O)[nH]n2)CC1)C1CCCCC1. The van der Waals surface area contributed by atoms with Gasteiger partial charge in [-0.15, -0.1) is 0 Å². The van der Waals surface area contributed by atoms with Crippen molar-refractivity contribution in [2.45, 2.75) is 51.0 Å². The van der Waals surface area contributed by atoms with Crippen LogP contribution in [0.2, 0.25) is 0 Å². The number of carbonyl (C=O) groups is 2. The summed E-state index contributed by atoms with van der Waals surface area (Å²) in [5.74, 6) is 0.175. The van der Waals surface area contributed by atoms with Gasteiger partial charge in [0.15, 0.2) is 0 Å². The average Bonchev–Trinajstić information content (AvgIpc) is 2.63. The Labute approximate surface area is 140 Å². The number of hydrogen-bond donors (Lipinski definition) is 2. The van der Waals surface area contributed by atoms with Crippen molar-refractivity contribution >= 4 is 11.8 Å². The molecular weight excluding hydrogens is 308 g/mol. The van der Waals surface area contributed by atoms with Crippen LogP contribution in [-0.2, 0) is 4.79 Å². The molecular formula is C17H24N4O3. The highest BCUT2D eigenvalue weighted by Gasteiger charge is 2.28. The van der Waals surface area contributed by atoms with Gasteiger partial charge in [-0.3, -0.25) is 14.4 Å². The van der Waals surface area contributed by atoms with E-state index in [1.165, 1.54) is 18.6 Å². The average molecular weight is 332 g/mol. The Morgan fingerprint density at radius 3 is 2.42 bits per heavy atom. The van der Waals surface area contributed by atoms with E-state index in [9.17, 15) is 14.4 Å². The van der Waals surface area contributed by atoms with Crippen molar-refractivity contribution in [2.75, 3.05) is 13.1 Å². The second-order valence-electron chi connectivity index (χ2n) is 6.72. The fraction of sp³-hybridized carbons (Fsp3) is 0.647. The van der Waals surface area contributed by atoms with Crippen LogP contribution in [0.4, 0.5) is 0 Å². The van der Waals surface area contributed by atoms with Crippen molar-refractivity contribution in [1.29, 1.82) is 0 Å². The van der Waals surface area contributed by atoms with E-state index in [1.54, 1.807) is 4.90 Å². The summed E-state index contributed by atoms with van der Waals surface area (Å²) in [4.78, 5) is 37.4. The zero-order valence-electron chi connectivity index (χ0n) is 13.8. The van der Waals surface area contributed by atoms with Gasteiger partial charge >= 0.3 is 0 Å². The van der Waals surface area contributed by atoms with Gasteiger partial charge in [0.2, 0.25) is 5.91 Å². The molecule has 0 aromatic carbocycles. The van der Waals surface area contributed by atoms with Crippen LogP contribution in [-0.4, -0.2) is 46.0 Å². The molecule has 1 aliphatic heterocycles. The molecule has 1 aromatic rings. The summed E-state index contributed by atoms with van der Waals surface area (Å²) in [6.07, 6.45) is 7.06. The Kier molecular flexibility index (Phi) is 5.27. The lowest BCUT2D eigenvalue weighted by Crippen LogP contribution is -2.48. The van der Waals surface area contributed by atoms with Crippen molar-refractivity contribution in [3.8, 4) is 0 Å². The predicted octanol–water partition coefficient (Wildman–Crippen LogP) is 1.07. The molecule has 0 bridgehead atoms. The van der Waals surface area contributed by atoms with Crippen molar-refractivity contribution < 1.29 is 9.59 Å². The first-order valence-electron chi connectivity index (χ1n) is 8.79. The van der Waals surface area contributed by atoms with Gasteiger partial charge in [0.05, 0.1) is 0 Å². The lowest BCUT2D eigenvalue weighted by Gasteiger charge is -2.33. The maximum absolute atomic E-state index is 12.3. The van der Waals surface area contributed by atoms with E-state index in [2.05, 4.69) is 15.5 Å². The van der Waals surface area contributed by atoms with Crippen molar-refractivity contribution in [1.82, 2.24) is 20.4 Å². The maximum Gasteiger partial charge on any atom is 0.274 e. The molecule has 3 rings (SSSR count). The molecule has 0 atom stereocenters. The maximum atomic E-state index is 12.3. The Morgan fingerprint density at radius 1 is 1.08 bits per heavy atom. The zero-order chi connectivity index (χ0) is 16.9. The fourth-order valence-electron chi connectivity index (χ4n) is 3.54. The molecule has 1 aromatic heterocycles. The van der Waals surface area contributed by atoms with E-state index in [0.29, 0.717) is 13.1 Å². The van der Waals surface area contributed by atoms with Crippen LogP contribution in [0, 0.1) is 5.92 Å². The van der Waals surface area contributed by atoms with Crippen LogP contribution in [0.3, 0.4) is 0 Å². The van der Waals surface area contributed by atoms with E-state index >= 15 is 0 Å². The first-order valence-corrected chi connectivity index (χ1v) is 8.79. The number of aromatic amines is 1. The van der Waals surface area contributed by atoms with Gasteiger partial charge in [-0.25, -0.2) is 5.10 Å². The highest BCUT2D eigenvalue weighted by Crippen LogP contribution is 2.24. The normalized spacial score (nSPS) is 19.9. The molecule has 7 nitrogen and oxygen atoms in total. The molecule has 1 saturated carbocycles. The van der Waals surface area contributed by atoms with Gasteiger partial charge in [-0.1, -0.05) is 19.3 Å². The summed E-state index contributed by atoms with van der Waals surface area (Å²) in [7, 11) is 0. The van der Waals surface area contributed by atoms with Gasteiger partial charge in [-0.2, -0.15) is 5.10 Å². The molecule has 1 saturated heterocycles. The number of rotatable bonds is 3. The molecule has 0 spiro atoms. The standard InChI is InChI=1S/C17H24N4O3/c22-15-7-6-14(19-20-15)17(24)21-10-8-13(9-11-21)18-16(23)12-4-2-1-3-5-12/h6-7,12-13H,1-5,8-11H2,(H,18,23)(H,20,22). The first-order chi connectivity index (χ1) is 11.6. The van der Waals surface area contributed by atoms with Crippen LogP contribution in [0.5, 0.6) is 0 Å².